The van der Waals surface area contributed by atoms with Gasteiger partial charge in [-0.3, -0.25) is 4.40 Å². The van der Waals surface area contributed by atoms with Crippen LogP contribution < -0.4 is 0 Å². The number of benzene rings is 3. The molecule has 3 aromatic carbocycles. The number of hydrogen-bond acceptors (Lipinski definition) is 6. The number of aromatic nitrogens is 4. The summed E-state index contributed by atoms with van der Waals surface area (Å²) in [6.45, 7) is 2.50. The minimum Gasteiger partial charge on any atom is -0.453 e. The van der Waals surface area contributed by atoms with Crippen LogP contribution >= 0.6 is 0 Å². The number of fused-ring (bicyclic) bond motifs is 6. The molecule has 2 aliphatic rings. The van der Waals surface area contributed by atoms with E-state index in [2.05, 4.69) is 53.5 Å². The summed E-state index contributed by atoms with van der Waals surface area (Å²) in [4.78, 5) is 24.8. The number of amides is 1. The average molecular weight is 618 g/mol. The van der Waals surface area contributed by atoms with Gasteiger partial charge in [-0.05, 0) is 60.2 Å². The van der Waals surface area contributed by atoms with E-state index in [1.807, 2.05) is 22.4 Å². The Hall–Kier alpha value is -4.96. The Bertz CT molecular complexity index is 2170. The molecule has 226 valence electrons. The van der Waals surface area contributed by atoms with Crippen molar-refractivity contribution in [1.82, 2.24) is 23.2 Å². The number of carbonyl (C=O) groups is 1. The highest BCUT2D eigenvalue weighted by molar-refractivity contribution is 7.90. The zero-order valence-corrected chi connectivity index (χ0v) is 25.7. The second-order valence-electron chi connectivity index (χ2n) is 11.8. The number of ether oxygens (including phenoxy) is 1. The van der Waals surface area contributed by atoms with Crippen LogP contribution in [0.25, 0.3) is 27.9 Å². The highest BCUT2D eigenvalue weighted by Gasteiger charge is 2.46. The number of imidazole rings is 1. The predicted molar refractivity (Wildman–Crippen MR) is 171 cm³/mol. The van der Waals surface area contributed by atoms with Crippen molar-refractivity contribution in [3.8, 4) is 11.1 Å². The van der Waals surface area contributed by atoms with E-state index in [1.165, 1.54) is 33.3 Å². The lowest BCUT2D eigenvalue weighted by atomic mass is 9.75. The van der Waals surface area contributed by atoms with Gasteiger partial charge in [0.25, 0.3) is 10.0 Å². The van der Waals surface area contributed by atoms with Gasteiger partial charge in [-0.15, -0.1) is 0 Å². The van der Waals surface area contributed by atoms with Crippen LogP contribution in [0.2, 0.25) is 0 Å². The standard InChI is InChI=1S/C35H31N5O4S/c1-22-13-15-23(16-14-22)45(42,43)39-19-17-29-34(39)37-21-31-36-20-30(40(29)31)28-12-7-18-38(35(41)44-2)33(28)32-26-10-5-3-8-24(26)25-9-4-6-11-27(25)32/h3-6,8-11,13-17,19-21,28,32-33H,7,12,18H2,1-2H3/t28-,33?/m0/s1. The molecule has 0 N–H and O–H groups in total. The quantitative estimate of drug-likeness (QED) is 0.228. The SMILES string of the molecule is COC(=O)N1CCC[C@@H](c2cnc3cnc4c(ccn4S(=O)(=O)c4ccc(C)cc4)n23)C1C1c2ccccc2-c2ccccc21. The molecule has 45 heavy (non-hydrogen) atoms. The fraction of sp³-hybridized carbons (Fsp3) is 0.229. The molecule has 0 radical (unpaired) electrons. The number of rotatable bonds is 4. The maximum atomic E-state index is 13.7. The number of methoxy groups -OCH3 is 1. The van der Waals surface area contributed by atoms with Crippen LogP contribution in [0.5, 0.6) is 0 Å². The van der Waals surface area contributed by atoms with Crippen LogP contribution in [0.3, 0.4) is 0 Å². The van der Waals surface area contributed by atoms with Gasteiger partial charge in [0.05, 0.1) is 29.8 Å². The summed E-state index contributed by atoms with van der Waals surface area (Å²) < 4.78 is 36.1. The van der Waals surface area contributed by atoms with Gasteiger partial charge in [-0.1, -0.05) is 66.2 Å². The van der Waals surface area contributed by atoms with Gasteiger partial charge in [0.2, 0.25) is 0 Å². The molecular formula is C35H31N5O4S. The molecule has 10 heteroatoms. The lowest BCUT2D eigenvalue weighted by Crippen LogP contribution is -2.50. The zero-order valence-electron chi connectivity index (χ0n) is 24.9. The number of hydrogen-bond donors (Lipinski definition) is 0. The molecule has 2 atom stereocenters. The number of carbonyl (C=O) groups excluding carboxylic acids is 1. The Balaban J connectivity index is 1.32. The molecule has 0 spiro atoms. The predicted octanol–water partition coefficient (Wildman–Crippen LogP) is 6.36. The molecule has 1 aliphatic carbocycles. The highest BCUT2D eigenvalue weighted by atomic mass is 32.2. The summed E-state index contributed by atoms with van der Waals surface area (Å²) in [5.74, 6) is -0.212. The third-order valence-corrected chi connectivity index (χ3v) is 11.1. The Morgan fingerprint density at radius 1 is 0.889 bits per heavy atom. The van der Waals surface area contributed by atoms with E-state index < -0.39 is 10.0 Å². The van der Waals surface area contributed by atoms with E-state index in [4.69, 9.17) is 9.72 Å². The summed E-state index contributed by atoms with van der Waals surface area (Å²) >= 11 is 0. The first kappa shape index (κ1) is 27.6. The van der Waals surface area contributed by atoms with E-state index in [-0.39, 0.29) is 28.9 Å². The monoisotopic (exact) mass is 617 g/mol. The van der Waals surface area contributed by atoms with E-state index >= 15 is 0 Å². The van der Waals surface area contributed by atoms with E-state index in [1.54, 1.807) is 42.7 Å². The van der Waals surface area contributed by atoms with Gasteiger partial charge in [0, 0.05) is 36.5 Å². The average Bonchev–Trinajstić information content (AvgIpc) is 3.78. The first-order valence-electron chi connectivity index (χ1n) is 15.1. The molecule has 4 heterocycles. The van der Waals surface area contributed by atoms with Crippen molar-refractivity contribution >= 4 is 32.9 Å². The van der Waals surface area contributed by atoms with E-state index in [0.717, 1.165) is 24.1 Å². The molecule has 1 amide bonds. The summed E-state index contributed by atoms with van der Waals surface area (Å²) in [6.07, 6.45) is 6.27. The van der Waals surface area contributed by atoms with Gasteiger partial charge in [-0.2, -0.15) is 0 Å². The lowest BCUT2D eigenvalue weighted by molar-refractivity contribution is 0.0751. The fourth-order valence-electron chi connectivity index (χ4n) is 7.47. The third-order valence-electron chi connectivity index (χ3n) is 9.44. The van der Waals surface area contributed by atoms with Crippen molar-refractivity contribution in [3.63, 3.8) is 0 Å². The molecule has 0 saturated carbocycles. The van der Waals surface area contributed by atoms with Gasteiger partial charge >= 0.3 is 6.09 Å². The molecule has 9 nitrogen and oxygen atoms in total. The third kappa shape index (κ3) is 4.12. The second kappa shape index (κ2) is 10.3. The zero-order chi connectivity index (χ0) is 30.9. The Labute approximate surface area is 260 Å². The fourth-order valence-corrected chi connectivity index (χ4v) is 8.77. The topological polar surface area (TPSA) is 98.8 Å². The van der Waals surface area contributed by atoms with Crippen LogP contribution in [0.15, 0.2) is 102 Å². The molecule has 0 bridgehead atoms. The number of piperidine rings is 1. The summed E-state index contributed by atoms with van der Waals surface area (Å²) in [5, 5.41) is 0. The van der Waals surface area contributed by atoms with Crippen molar-refractivity contribution < 1.29 is 17.9 Å². The van der Waals surface area contributed by atoms with Crippen molar-refractivity contribution in [2.75, 3.05) is 13.7 Å². The number of nitrogens with zero attached hydrogens (tertiary/aromatic N) is 5. The van der Waals surface area contributed by atoms with Gasteiger partial charge in [0.15, 0.2) is 11.3 Å². The van der Waals surface area contributed by atoms with Gasteiger partial charge in [0.1, 0.15) is 0 Å². The second-order valence-corrected chi connectivity index (χ2v) is 13.6. The largest absolute Gasteiger partial charge is 0.453 e. The van der Waals surface area contributed by atoms with Crippen LogP contribution in [0.1, 0.15) is 47.1 Å². The lowest BCUT2D eigenvalue weighted by Gasteiger charge is -2.44. The van der Waals surface area contributed by atoms with E-state index in [9.17, 15) is 13.2 Å². The normalized spacial score (nSPS) is 18.3. The first-order chi connectivity index (χ1) is 21.9. The number of likely N-dealkylation sites (tertiary alicyclic amines) is 1. The Morgan fingerprint density at radius 3 is 2.27 bits per heavy atom. The Morgan fingerprint density at radius 2 is 1.58 bits per heavy atom. The molecule has 6 aromatic rings. The molecule has 3 aromatic heterocycles. The molecule has 8 rings (SSSR count). The van der Waals surface area contributed by atoms with E-state index in [0.29, 0.717) is 23.4 Å². The van der Waals surface area contributed by atoms with Crippen molar-refractivity contribution in [1.29, 1.82) is 0 Å². The minimum atomic E-state index is -3.89. The summed E-state index contributed by atoms with van der Waals surface area (Å²) in [7, 11) is -2.46. The van der Waals surface area contributed by atoms with Crippen molar-refractivity contribution in [3.05, 3.63) is 120 Å². The summed E-state index contributed by atoms with van der Waals surface area (Å²) in [5.41, 5.74) is 8.16. The van der Waals surface area contributed by atoms with Gasteiger partial charge in [-0.25, -0.2) is 27.2 Å². The van der Waals surface area contributed by atoms with Gasteiger partial charge < -0.3 is 9.64 Å². The Kier molecular flexibility index (Phi) is 6.32. The van der Waals surface area contributed by atoms with Crippen molar-refractivity contribution in [2.45, 2.75) is 42.5 Å². The summed E-state index contributed by atoms with van der Waals surface area (Å²) in [6, 6.07) is 25.1. The highest BCUT2D eigenvalue weighted by Crippen LogP contribution is 2.52. The van der Waals surface area contributed by atoms with Crippen LogP contribution in [-0.2, 0) is 14.8 Å². The van der Waals surface area contributed by atoms with Crippen LogP contribution in [0, 0.1) is 6.92 Å². The molecule has 1 saturated heterocycles. The molecule has 1 aliphatic heterocycles. The molecule has 1 fully saturated rings. The molecular weight excluding hydrogens is 586 g/mol. The first-order valence-corrected chi connectivity index (χ1v) is 16.5. The maximum absolute atomic E-state index is 13.7. The molecule has 1 unspecified atom stereocenters. The smallest absolute Gasteiger partial charge is 0.409 e. The minimum absolute atomic E-state index is 0.0869. The van der Waals surface area contributed by atoms with Crippen LogP contribution in [-0.4, -0.2) is 57.4 Å². The van der Waals surface area contributed by atoms with Crippen LogP contribution in [0.4, 0.5) is 4.79 Å². The number of aryl methyl sites for hydroxylation is 1. The maximum Gasteiger partial charge on any atom is 0.409 e. The van der Waals surface area contributed by atoms with Crippen molar-refractivity contribution in [2.24, 2.45) is 0 Å².